The second-order valence-corrected chi connectivity index (χ2v) is 8.78. The molecule has 0 radical (unpaired) electrons. The molecule has 35 heavy (non-hydrogen) atoms. The largest absolute Gasteiger partial charge is 0.494 e. The van der Waals surface area contributed by atoms with Gasteiger partial charge >= 0.3 is 0 Å². The van der Waals surface area contributed by atoms with Gasteiger partial charge in [0.1, 0.15) is 11.3 Å². The second-order valence-electron chi connectivity index (χ2n) is 8.34. The third kappa shape index (κ3) is 3.59. The van der Waals surface area contributed by atoms with Gasteiger partial charge in [0.25, 0.3) is 5.91 Å². The number of hydrogen-bond acceptors (Lipinski definition) is 6. The van der Waals surface area contributed by atoms with Gasteiger partial charge < -0.3 is 23.5 Å². The van der Waals surface area contributed by atoms with Crippen molar-refractivity contribution in [3.8, 4) is 17.2 Å². The predicted octanol–water partition coefficient (Wildman–Crippen LogP) is 5.32. The van der Waals surface area contributed by atoms with Crippen molar-refractivity contribution < 1.29 is 23.4 Å². The van der Waals surface area contributed by atoms with E-state index in [1.54, 1.807) is 23.1 Å². The first-order valence-corrected chi connectivity index (χ1v) is 11.6. The average Bonchev–Trinajstić information content (AvgIpc) is 3.43. The highest BCUT2D eigenvalue weighted by Crippen LogP contribution is 2.41. The molecule has 2 aliphatic heterocycles. The zero-order valence-electron chi connectivity index (χ0n) is 18.7. The topological polar surface area (TPSA) is 78.2 Å². The Balaban J connectivity index is 1.52. The van der Waals surface area contributed by atoms with E-state index < -0.39 is 6.04 Å². The van der Waals surface area contributed by atoms with E-state index in [9.17, 15) is 9.59 Å². The number of hydrogen-bond donors (Lipinski definition) is 0. The van der Waals surface area contributed by atoms with Crippen LogP contribution in [0.25, 0.3) is 11.0 Å². The van der Waals surface area contributed by atoms with Crippen LogP contribution in [-0.2, 0) is 6.54 Å². The lowest BCUT2D eigenvalue weighted by Crippen LogP contribution is -2.29. The SMILES string of the molecule is CCOc1cccc(C2c3c(oc4ccc(Cl)cc4c3=O)C(=O)N2Cc2ccc3c(c2)OCO3)c1. The standard InChI is InChI=1S/C27H20ClNO6/c1-2-32-18-5-3-4-16(11-18)24-23-25(30)19-12-17(28)7-9-20(19)35-26(23)27(31)29(24)13-15-6-8-21-22(10-15)34-14-33-21/h3-12,24H,2,13-14H2,1H3. The Kier molecular flexibility index (Phi) is 5.15. The molecule has 0 spiro atoms. The van der Waals surface area contributed by atoms with Crippen LogP contribution < -0.4 is 19.6 Å². The fourth-order valence-electron chi connectivity index (χ4n) is 4.68. The molecule has 8 heteroatoms. The Bertz CT molecular complexity index is 1540. The van der Waals surface area contributed by atoms with E-state index >= 15 is 0 Å². The zero-order chi connectivity index (χ0) is 24.1. The van der Waals surface area contributed by atoms with Crippen molar-refractivity contribution >= 4 is 28.5 Å². The maximum Gasteiger partial charge on any atom is 0.291 e. The fourth-order valence-corrected chi connectivity index (χ4v) is 4.85. The summed E-state index contributed by atoms with van der Waals surface area (Å²) < 4.78 is 22.6. The lowest BCUT2D eigenvalue weighted by atomic mass is 9.98. The zero-order valence-corrected chi connectivity index (χ0v) is 19.5. The maximum atomic E-state index is 13.7. The Hall–Kier alpha value is -3.97. The van der Waals surface area contributed by atoms with Gasteiger partial charge in [-0.2, -0.15) is 0 Å². The molecular formula is C27H20ClNO6. The summed E-state index contributed by atoms with van der Waals surface area (Å²) >= 11 is 6.17. The van der Waals surface area contributed by atoms with Gasteiger partial charge in [-0.25, -0.2) is 0 Å². The van der Waals surface area contributed by atoms with Crippen molar-refractivity contribution in [3.63, 3.8) is 0 Å². The second kappa shape index (κ2) is 8.36. The highest BCUT2D eigenvalue weighted by molar-refractivity contribution is 6.31. The van der Waals surface area contributed by atoms with Crippen LogP contribution >= 0.6 is 11.6 Å². The van der Waals surface area contributed by atoms with Crippen LogP contribution in [0.1, 0.15) is 40.2 Å². The first kappa shape index (κ1) is 21.6. The minimum atomic E-state index is -0.664. The molecule has 0 N–H and O–H groups in total. The molecule has 4 aromatic rings. The molecule has 1 atom stereocenters. The highest BCUT2D eigenvalue weighted by atomic mass is 35.5. The van der Waals surface area contributed by atoms with Crippen LogP contribution in [0.4, 0.5) is 0 Å². The van der Waals surface area contributed by atoms with E-state index in [1.807, 2.05) is 49.4 Å². The van der Waals surface area contributed by atoms with Gasteiger partial charge in [0.15, 0.2) is 16.9 Å². The summed E-state index contributed by atoms with van der Waals surface area (Å²) in [4.78, 5) is 29.0. The van der Waals surface area contributed by atoms with Gasteiger partial charge in [0, 0.05) is 11.6 Å². The van der Waals surface area contributed by atoms with E-state index in [2.05, 4.69) is 0 Å². The molecule has 0 fully saturated rings. The number of fused-ring (bicyclic) bond motifs is 3. The number of carbonyl (C=O) groups is 1. The van der Waals surface area contributed by atoms with Gasteiger partial charge in [0.05, 0.1) is 23.6 Å². The molecule has 1 unspecified atom stereocenters. The Morgan fingerprint density at radius 3 is 2.74 bits per heavy atom. The first-order valence-electron chi connectivity index (χ1n) is 11.2. The number of rotatable bonds is 5. The van der Waals surface area contributed by atoms with Gasteiger partial charge in [-0.1, -0.05) is 29.8 Å². The Labute approximate surface area is 205 Å². The Morgan fingerprint density at radius 1 is 1.03 bits per heavy atom. The van der Waals surface area contributed by atoms with Crippen LogP contribution in [0.15, 0.2) is 69.9 Å². The number of nitrogens with zero attached hydrogens (tertiary/aromatic N) is 1. The molecule has 3 aromatic carbocycles. The first-order chi connectivity index (χ1) is 17.0. The molecule has 0 aliphatic carbocycles. The molecule has 176 valence electrons. The van der Waals surface area contributed by atoms with Crippen LogP contribution in [0, 0.1) is 0 Å². The van der Waals surface area contributed by atoms with Crippen molar-refractivity contribution in [1.29, 1.82) is 0 Å². The minimum absolute atomic E-state index is 0.0392. The lowest BCUT2D eigenvalue weighted by molar-refractivity contribution is 0.0714. The summed E-state index contributed by atoms with van der Waals surface area (Å²) in [5.74, 6) is 1.61. The summed E-state index contributed by atoms with van der Waals surface area (Å²) in [6, 6.07) is 17.1. The van der Waals surface area contributed by atoms with Crippen molar-refractivity contribution in [2.24, 2.45) is 0 Å². The maximum absolute atomic E-state index is 13.7. The van der Waals surface area contributed by atoms with E-state index in [4.69, 9.17) is 30.2 Å². The summed E-state index contributed by atoms with van der Waals surface area (Å²) in [5, 5.41) is 0.751. The fraction of sp³-hybridized carbons (Fsp3) is 0.185. The highest BCUT2D eigenvalue weighted by Gasteiger charge is 2.43. The van der Waals surface area contributed by atoms with Crippen LogP contribution in [0.5, 0.6) is 17.2 Å². The molecule has 0 bridgehead atoms. The van der Waals surface area contributed by atoms with E-state index in [1.165, 1.54) is 0 Å². The molecule has 1 aromatic heterocycles. The molecule has 6 rings (SSSR count). The van der Waals surface area contributed by atoms with E-state index in [0.717, 1.165) is 11.1 Å². The van der Waals surface area contributed by atoms with Gasteiger partial charge in [0.2, 0.25) is 12.6 Å². The van der Waals surface area contributed by atoms with Crippen LogP contribution in [-0.4, -0.2) is 24.2 Å². The van der Waals surface area contributed by atoms with Crippen molar-refractivity contribution in [2.45, 2.75) is 19.5 Å². The van der Waals surface area contributed by atoms with E-state index in [-0.39, 0.29) is 30.4 Å². The molecule has 0 saturated carbocycles. The van der Waals surface area contributed by atoms with Gasteiger partial charge in [-0.05, 0) is 60.5 Å². The monoisotopic (exact) mass is 489 g/mol. The lowest BCUT2D eigenvalue weighted by Gasteiger charge is -2.25. The van der Waals surface area contributed by atoms with E-state index in [0.29, 0.717) is 45.4 Å². The third-order valence-electron chi connectivity index (χ3n) is 6.20. The number of ether oxygens (including phenoxy) is 3. The third-order valence-corrected chi connectivity index (χ3v) is 6.44. The van der Waals surface area contributed by atoms with Crippen molar-refractivity contribution in [2.75, 3.05) is 13.4 Å². The molecular weight excluding hydrogens is 470 g/mol. The minimum Gasteiger partial charge on any atom is -0.494 e. The molecule has 1 amide bonds. The summed E-state index contributed by atoms with van der Waals surface area (Å²) in [6.07, 6.45) is 0. The average molecular weight is 490 g/mol. The smallest absolute Gasteiger partial charge is 0.291 e. The van der Waals surface area contributed by atoms with Crippen molar-refractivity contribution in [3.05, 3.63) is 98.4 Å². The summed E-state index contributed by atoms with van der Waals surface area (Å²) in [6.45, 7) is 2.79. The number of halogens is 1. The molecule has 0 saturated heterocycles. The van der Waals surface area contributed by atoms with Crippen LogP contribution in [0.3, 0.4) is 0 Å². The molecule has 2 aliphatic rings. The van der Waals surface area contributed by atoms with Gasteiger partial charge in [-0.3, -0.25) is 9.59 Å². The van der Waals surface area contributed by atoms with Gasteiger partial charge in [-0.15, -0.1) is 0 Å². The molecule has 3 heterocycles. The van der Waals surface area contributed by atoms with Crippen molar-refractivity contribution in [1.82, 2.24) is 4.90 Å². The normalized spacial score (nSPS) is 16.1. The number of benzene rings is 3. The quantitative estimate of drug-likeness (QED) is 0.377. The number of amides is 1. The molecule has 7 nitrogen and oxygen atoms in total. The van der Waals surface area contributed by atoms with Crippen LogP contribution in [0.2, 0.25) is 5.02 Å². The Morgan fingerprint density at radius 2 is 1.89 bits per heavy atom. The summed E-state index contributed by atoms with van der Waals surface area (Å²) in [7, 11) is 0. The number of carbonyl (C=O) groups excluding carboxylic acids is 1. The summed E-state index contributed by atoms with van der Waals surface area (Å²) in [5.41, 5.74) is 1.91. The predicted molar refractivity (Wildman–Crippen MR) is 129 cm³/mol.